The summed E-state index contributed by atoms with van der Waals surface area (Å²) < 4.78 is 0. The maximum Gasteiger partial charge on any atom is 0.177 e. The lowest BCUT2D eigenvalue weighted by Crippen LogP contribution is -1.71. The van der Waals surface area contributed by atoms with Gasteiger partial charge in [-0.2, -0.15) is 0 Å². The largest absolute Gasteiger partial charge is 0.343 e. The number of pyridine rings is 2. The van der Waals surface area contributed by atoms with Gasteiger partial charge in [0.2, 0.25) is 0 Å². The van der Waals surface area contributed by atoms with Gasteiger partial charge in [0.1, 0.15) is 0 Å². The minimum atomic E-state index is 0.775. The molecule has 0 amide bonds. The van der Waals surface area contributed by atoms with Crippen LogP contribution in [0.4, 0.5) is 0 Å². The first kappa shape index (κ1) is 10.4. The zero-order valence-corrected chi connectivity index (χ0v) is 9.41. The van der Waals surface area contributed by atoms with Gasteiger partial charge in [0.05, 0.1) is 23.7 Å². The molecule has 0 aromatic carbocycles. The third kappa shape index (κ3) is 2.03. The Kier molecular flexibility index (Phi) is 2.67. The maximum absolute atomic E-state index is 4.00. The van der Waals surface area contributed by atoms with Crippen molar-refractivity contribution in [2.75, 3.05) is 0 Å². The maximum atomic E-state index is 4.00. The fourth-order valence-electron chi connectivity index (χ4n) is 1.55. The predicted octanol–water partition coefficient (Wildman–Crippen LogP) is 1.92. The van der Waals surface area contributed by atoms with Crippen LogP contribution in [0.1, 0.15) is 0 Å². The molecular weight excluding hydrogens is 228 g/mol. The highest BCUT2D eigenvalue weighted by Crippen LogP contribution is 2.02. The number of hydrogen-bond acceptors (Lipinski definition) is 4. The van der Waals surface area contributed by atoms with E-state index in [-0.39, 0.29) is 0 Å². The summed E-state index contributed by atoms with van der Waals surface area (Å²) in [6.07, 6.45) is 6.72. The molecule has 6 nitrogen and oxygen atoms in total. The van der Waals surface area contributed by atoms with E-state index >= 15 is 0 Å². The monoisotopic (exact) mass is 238 g/mol. The minimum absolute atomic E-state index is 0.775. The molecule has 4 heterocycles. The van der Waals surface area contributed by atoms with Crippen molar-refractivity contribution in [2.45, 2.75) is 0 Å². The molecule has 4 aromatic rings. The molecule has 6 heteroatoms. The van der Waals surface area contributed by atoms with E-state index in [9.17, 15) is 0 Å². The lowest BCUT2D eigenvalue weighted by Gasteiger charge is -1.80. The molecule has 0 unspecified atom stereocenters. The minimum Gasteiger partial charge on any atom is -0.343 e. The van der Waals surface area contributed by atoms with E-state index < -0.39 is 0 Å². The molecule has 0 aliphatic rings. The second-order valence-corrected chi connectivity index (χ2v) is 3.55. The number of rotatable bonds is 0. The lowest BCUT2D eigenvalue weighted by molar-refractivity contribution is 1.30. The van der Waals surface area contributed by atoms with Crippen LogP contribution in [0, 0.1) is 0 Å². The van der Waals surface area contributed by atoms with Crippen LogP contribution in [0.25, 0.3) is 22.3 Å². The summed E-state index contributed by atoms with van der Waals surface area (Å²) in [6, 6.07) is 7.63. The van der Waals surface area contributed by atoms with Crippen LogP contribution in [-0.2, 0) is 0 Å². The quantitative estimate of drug-likeness (QED) is 0.490. The van der Waals surface area contributed by atoms with Gasteiger partial charge in [-0.05, 0) is 24.3 Å². The van der Waals surface area contributed by atoms with E-state index in [1.807, 2.05) is 24.3 Å². The Morgan fingerprint density at radius 3 is 1.61 bits per heavy atom. The Morgan fingerprint density at radius 1 is 0.667 bits per heavy atom. The molecule has 0 radical (unpaired) electrons. The SMILES string of the molecule is c1cnc2nc[nH]c2c1.c1cnc2nc[nH]c2c1. The van der Waals surface area contributed by atoms with Crippen LogP contribution < -0.4 is 0 Å². The smallest absolute Gasteiger partial charge is 0.177 e. The highest BCUT2D eigenvalue weighted by molar-refractivity contribution is 5.69. The van der Waals surface area contributed by atoms with Gasteiger partial charge in [0.15, 0.2) is 11.3 Å². The molecule has 0 aliphatic heterocycles. The average Bonchev–Trinajstić information content (AvgIpc) is 3.08. The molecule has 0 atom stereocenters. The highest BCUT2D eigenvalue weighted by Gasteiger charge is 1.90. The fourth-order valence-corrected chi connectivity index (χ4v) is 1.55. The molecule has 0 saturated carbocycles. The zero-order chi connectivity index (χ0) is 12.2. The third-order valence-corrected chi connectivity index (χ3v) is 2.39. The molecule has 88 valence electrons. The first-order valence-electron chi connectivity index (χ1n) is 5.42. The molecule has 4 rings (SSSR count). The zero-order valence-electron chi connectivity index (χ0n) is 9.41. The summed E-state index contributed by atoms with van der Waals surface area (Å²) in [7, 11) is 0. The number of nitrogens with one attached hydrogen (secondary N) is 2. The Balaban J connectivity index is 0.000000111. The summed E-state index contributed by atoms with van der Waals surface area (Å²) in [4.78, 5) is 21.8. The van der Waals surface area contributed by atoms with E-state index in [0.717, 1.165) is 22.3 Å². The van der Waals surface area contributed by atoms with Crippen molar-refractivity contribution in [3.05, 3.63) is 49.3 Å². The van der Waals surface area contributed by atoms with E-state index in [0.29, 0.717) is 0 Å². The summed E-state index contributed by atoms with van der Waals surface area (Å²) in [5, 5.41) is 0. The van der Waals surface area contributed by atoms with Crippen molar-refractivity contribution in [1.29, 1.82) is 0 Å². The molecular formula is C12H10N6. The van der Waals surface area contributed by atoms with Crippen molar-refractivity contribution in [3.63, 3.8) is 0 Å². The van der Waals surface area contributed by atoms with Crippen molar-refractivity contribution in [3.8, 4) is 0 Å². The fraction of sp³-hybridized carbons (Fsp3) is 0. The predicted molar refractivity (Wildman–Crippen MR) is 67.8 cm³/mol. The molecule has 4 aromatic heterocycles. The van der Waals surface area contributed by atoms with Crippen LogP contribution in [-0.4, -0.2) is 29.9 Å². The molecule has 0 bridgehead atoms. The Morgan fingerprint density at radius 2 is 1.17 bits per heavy atom. The van der Waals surface area contributed by atoms with Gasteiger partial charge in [-0.25, -0.2) is 19.9 Å². The van der Waals surface area contributed by atoms with Gasteiger partial charge in [-0.1, -0.05) is 0 Å². The Labute approximate surface area is 102 Å². The number of nitrogens with zero attached hydrogens (tertiary/aromatic N) is 4. The molecule has 0 spiro atoms. The van der Waals surface area contributed by atoms with Gasteiger partial charge in [0, 0.05) is 12.4 Å². The van der Waals surface area contributed by atoms with Crippen molar-refractivity contribution in [1.82, 2.24) is 29.9 Å². The van der Waals surface area contributed by atoms with Crippen molar-refractivity contribution >= 4 is 22.3 Å². The van der Waals surface area contributed by atoms with Gasteiger partial charge in [-0.3, -0.25) is 0 Å². The first-order chi connectivity index (χ1) is 8.93. The number of aromatic nitrogens is 6. The van der Waals surface area contributed by atoms with E-state index in [4.69, 9.17) is 0 Å². The Hall–Kier alpha value is -2.76. The van der Waals surface area contributed by atoms with Crippen LogP contribution >= 0.6 is 0 Å². The van der Waals surface area contributed by atoms with Crippen LogP contribution in [0.2, 0.25) is 0 Å². The number of aromatic amines is 2. The molecule has 0 saturated heterocycles. The van der Waals surface area contributed by atoms with E-state index in [1.165, 1.54) is 0 Å². The van der Waals surface area contributed by atoms with Gasteiger partial charge < -0.3 is 9.97 Å². The summed E-state index contributed by atoms with van der Waals surface area (Å²) in [5.41, 5.74) is 3.52. The van der Waals surface area contributed by atoms with Gasteiger partial charge in [0.25, 0.3) is 0 Å². The van der Waals surface area contributed by atoms with Crippen molar-refractivity contribution in [2.24, 2.45) is 0 Å². The van der Waals surface area contributed by atoms with E-state index in [2.05, 4.69) is 29.9 Å². The number of hydrogen-bond donors (Lipinski definition) is 2. The van der Waals surface area contributed by atoms with Crippen LogP contribution in [0.5, 0.6) is 0 Å². The van der Waals surface area contributed by atoms with E-state index in [1.54, 1.807) is 25.0 Å². The molecule has 0 fully saturated rings. The average molecular weight is 238 g/mol. The first-order valence-corrected chi connectivity index (χ1v) is 5.42. The van der Waals surface area contributed by atoms with Gasteiger partial charge in [-0.15, -0.1) is 0 Å². The standard InChI is InChI=1S/2C6H5N3/c2*1-2-5-6(7-3-1)9-4-8-5/h2*1-4H,(H,7,8,9). The number of H-pyrrole nitrogens is 2. The third-order valence-electron chi connectivity index (χ3n) is 2.39. The summed E-state index contributed by atoms with van der Waals surface area (Å²) in [6.45, 7) is 0. The summed E-state index contributed by atoms with van der Waals surface area (Å²) in [5.74, 6) is 0. The number of fused-ring (bicyclic) bond motifs is 2. The normalized spacial score (nSPS) is 10.2. The lowest BCUT2D eigenvalue weighted by atomic mass is 10.4. The topological polar surface area (TPSA) is 83.1 Å². The second kappa shape index (κ2) is 4.62. The van der Waals surface area contributed by atoms with Gasteiger partial charge >= 0.3 is 0 Å². The van der Waals surface area contributed by atoms with Crippen molar-refractivity contribution < 1.29 is 0 Å². The second-order valence-electron chi connectivity index (χ2n) is 3.55. The molecule has 18 heavy (non-hydrogen) atoms. The highest BCUT2D eigenvalue weighted by atomic mass is 14.9. The molecule has 0 aliphatic carbocycles. The summed E-state index contributed by atoms with van der Waals surface area (Å²) >= 11 is 0. The van der Waals surface area contributed by atoms with Crippen LogP contribution in [0.15, 0.2) is 49.3 Å². The Bertz CT molecular complexity index is 631. The van der Waals surface area contributed by atoms with Crippen LogP contribution in [0.3, 0.4) is 0 Å². The number of imidazole rings is 2. The molecule has 2 N–H and O–H groups in total.